The van der Waals surface area contributed by atoms with E-state index in [1.807, 2.05) is 4.90 Å². The Morgan fingerprint density at radius 3 is 3.10 bits per heavy atom. The van der Waals surface area contributed by atoms with Gasteiger partial charge in [0.15, 0.2) is 0 Å². The Hall–Kier alpha value is -0.780. The van der Waals surface area contributed by atoms with Crippen molar-refractivity contribution in [3.63, 3.8) is 0 Å². The Morgan fingerprint density at radius 1 is 1.60 bits per heavy atom. The smallest absolute Gasteiger partial charge is 0.226 e. The largest absolute Gasteiger partial charge is 0.492 e. The molecule has 6 heteroatoms. The molecule has 1 fully saturated rings. The highest BCUT2D eigenvalue weighted by atomic mass is 79.9. The molecule has 2 rings (SSSR count). The van der Waals surface area contributed by atoms with E-state index in [1.54, 1.807) is 18.2 Å². The van der Waals surface area contributed by atoms with Gasteiger partial charge in [-0.15, -0.1) is 0 Å². The van der Waals surface area contributed by atoms with Gasteiger partial charge in [-0.3, -0.25) is 4.79 Å². The van der Waals surface area contributed by atoms with Crippen molar-refractivity contribution in [1.82, 2.24) is 10.2 Å². The van der Waals surface area contributed by atoms with E-state index in [9.17, 15) is 4.79 Å². The van der Waals surface area contributed by atoms with Gasteiger partial charge in [-0.2, -0.15) is 0 Å². The van der Waals surface area contributed by atoms with Gasteiger partial charge in [0.2, 0.25) is 5.91 Å². The first kappa shape index (κ1) is 15.6. The van der Waals surface area contributed by atoms with Crippen LogP contribution in [0.5, 0.6) is 5.75 Å². The van der Waals surface area contributed by atoms with Crippen molar-refractivity contribution >= 4 is 33.4 Å². The summed E-state index contributed by atoms with van der Waals surface area (Å²) in [6.07, 6.45) is 0.388. The molecule has 1 N–H and O–H groups in total. The number of hydrogen-bond acceptors (Lipinski definition) is 3. The Balaban J connectivity index is 1.81. The molecule has 1 atom stereocenters. The fourth-order valence-corrected chi connectivity index (χ4v) is 2.99. The van der Waals surface area contributed by atoms with Gasteiger partial charge in [-0.25, -0.2) is 0 Å². The van der Waals surface area contributed by atoms with Crippen LogP contribution in [-0.4, -0.2) is 43.1 Å². The third-order valence-corrected chi connectivity index (χ3v) is 4.14. The summed E-state index contributed by atoms with van der Waals surface area (Å²) in [5.41, 5.74) is 0. The van der Waals surface area contributed by atoms with Crippen LogP contribution in [0.4, 0.5) is 0 Å². The van der Waals surface area contributed by atoms with Crippen LogP contribution >= 0.6 is 27.5 Å². The lowest BCUT2D eigenvalue weighted by atomic mass is 10.2. The number of hydrogen-bond donors (Lipinski definition) is 1. The molecule has 0 unspecified atom stereocenters. The second-order valence-electron chi connectivity index (χ2n) is 4.81. The molecule has 110 valence electrons. The maximum atomic E-state index is 12.1. The lowest BCUT2D eigenvalue weighted by molar-refractivity contribution is -0.134. The molecule has 4 nitrogen and oxygen atoms in total. The van der Waals surface area contributed by atoms with Crippen LogP contribution in [0.1, 0.15) is 13.3 Å². The molecule has 1 aromatic carbocycles. The number of piperazine rings is 1. The average molecular weight is 362 g/mol. The maximum Gasteiger partial charge on any atom is 0.226 e. The number of carbonyl (C=O) groups is 1. The van der Waals surface area contributed by atoms with Crippen LogP contribution in [0.3, 0.4) is 0 Å². The highest BCUT2D eigenvalue weighted by molar-refractivity contribution is 9.10. The Morgan fingerprint density at radius 2 is 2.40 bits per heavy atom. The molecule has 1 aliphatic heterocycles. The van der Waals surface area contributed by atoms with Crippen molar-refractivity contribution in [3.05, 3.63) is 27.7 Å². The quantitative estimate of drug-likeness (QED) is 0.896. The summed E-state index contributed by atoms with van der Waals surface area (Å²) in [4.78, 5) is 14.0. The highest BCUT2D eigenvalue weighted by Crippen LogP contribution is 2.28. The molecule has 1 amide bonds. The van der Waals surface area contributed by atoms with Gasteiger partial charge in [0.1, 0.15) is 5.75 Å². The fraction of sp³-hybridized carbons (Fsp3) is 0.500. The second kappa shape index (κ2) is 7.29. The third kappa shape index (κ3) is 4.11. The number of carbonyl (C=O) groups excluding carboxylic acids is 1. The molecule has 0 aromatic heterocycles. The number of ether oxygens (including phenoxy) is 1. The van der Waals surface area contributed by atoms with E-state index in [0.29, 0.717) is 23.8 Å². The Labute approximate surface area is 132 Å². The molecule has 1 aromatic rings. The topological polar surface area (TPSA) is 41.6 Å². The number of nitrogens with zero attached hydrogens (tertiary/aromatic N) is 1. The molecule has 0 spiro atoms. The standard InChI is InChI=1S/C14H18BrClN2O2/c1-10-9-17-5-6-18(10)14(19)4-7-20-13-3-2-11(16)8-12(13)15/h2-3,8,10,17H,4-7,9H2,1H3/t10-/m1/s1. The van der Waals surface area contributed by atoms with E-state index in [-0.39, 0.29) is 11.9 Å². The number of nitrogens with one attached hydrogen (secondary N) is 1. The average Bonchev–Trinajstić information content (AvgIpc) is 2.41. The molecular weight excluding hydrogens is 344 g/mol. The summed E-state index contributed by atoms with van der Waals surface area (Å²) in [6.45, 7) is 4.91. The lowest BCUT2D eigenvalue weighted by Crippen LogP contribution is -2.52. The zero-order valence-corrected chi connectivity index (χ0v) is 13.7. The summed E-state index contributed by atoms with van der Waals surface area (Å²) >= 11 is 9.25. The van der Waals surface area contributed by atoms with Crippen LogP contribution in [0.2, 0.25) is 5.02 Å². The zero-order valence-electron chi connectivity index (χ0n) is 11.4. The predicted octanol–water partition coefficient (Wildman–Crippen LogP) is 2.69. The van der Waals surface area contributed by atoms with Gasteiger partial charge < -0.3 is 15.0 Å². The molecule has 0 aliphatic carbocycles. The van der Waals surface area contributed by atoms with Crippen LogP contribution < -0.4 is 10.1 Å². The van der Waals surface area contributed by atoms with Crippen molar-refractivity contribution in [3.8, 4) is 5.75 Å². The van der Waals surface area contributed by atoms with Gasteiger partial charge >= 0.3 is 0 Å². The van der Waals surface area contributed by atoms with Crippen molar-refractivity contribution in [2.24, 2.45) is 0 Å². The van der Waals surface area contributed by atoms with E-state index in [2.05, 4.69) is 28.2 Å². The van der Waals surface area contributed by atoms with E-state index in [1.165, 1.54) is 0 Å². The molecule has 1 aliphatic rings. The minimum Gasteiger partial charge on any atom is -0.492 e. The highest BCUT2D eigenvalue weighted by Gasteiger charge is 2.22. The first-order valence-electron chi connectivity index (χ1n) is 6.66. The predicted molar refractivity (Wildman–Crippen MR) is 83.3 cm³/mol. The van der Waals surface area contributed by atoms with Crippen LogP contribution in [0.25, 0.3) is 0 Å². The minimum atomic E-state index is 0.143. The zero-order chi connectivity index (χ0) is 14.5. The van der Waals surface area contributed by atoms with Crippen LogP contribution in [0.15, 0.2) is 22.7 Å². The number of amides is 1. The number of benzene rings is 1. The van der Waals surface area contributed by atoms with Gasteiger partial charge in [0, 0.05) is 30.7 Å². The first-order chi connectivity index (χ1) is 9.58. The third-order valence-electron chi connectivity index (χ3n) is 3.29. The van der Waals surface area contributed by atoms with Crippen molar-refractivity contribution in [2.45, 2.75) is 19.4 Å². The van der Waals surface area contributed by atoms with Crippen molar-refractivity contribution in [2.75, 3.05) is 26.2 Å². The number of rotatable bonds is 4. The summed E-state index contributed by atoms with van der Waals surface area (Å²) in [5.74, 6) is 0.847. The van der Waals surface area contributed by atoms with E-state index in [0.717, 1.165) is 24.1 Å². The minimum absolute atomic E-state index is 0.143. The Kier molecular flexibility index (Phi) is 5.69. The van der Waals surface area contributed by atoms with Gasteiger partial charge in [-0.1, -0.05) is 11.6 Å². The molecule has 0 bridgehead atoms. The molecule has 1 heterocycles. The lowest BCUT2D eigenvalue weighted by Gasteiger charge is -2.34. The van der Waals surface area contributed by atoms with Gasteiger partial charge in [-0.05, 0) is 41.1 Å². The number of halogens is 2. The Bertz CT molecular complexity index is 484. The first-order valence-corrected chi connectivity index (χ1v) is 7.83. The van der Waals surface area contributed by atoms with Crippen molar-refractivity contribution in [1.29, 1.82) is 0 Å². The van der Waals surface area contributed by atoms with Crippen LogP contribution in [-0.2, 0) is 4.79 Å². The fourth-order valence-electron chi connectivity index (χ4n) is 2.20. The summed E-state index contributed by atoms with van der Waals surface area (Å²) in [7, 11) is 0. The molecular formula is C14H18BrClN2O2. The normalized spacial score (nSPS) is 18.9. The second-order valence-corrected chi connectivity index (χ2v) is 6.10. The molecule has 20 heavy (non-hydrogen) atoms. The van der Waals surface area contributed by atoms with E-state index in [4.69, 9.17) is 16.3 Å². The van der Waals surface area contributed by atoms with Gasteiger partial charge in [0.25, 0.3) is 0 Å². The summed E-state index contributed by atoms with van der Waals surface area (Å²) in [5, 5.41) is 3.92. The summed E-state index contributed by atoms with van der Waals surface area (Å²) in [6, 6.07) is 5.59. The SMILES string of the molecule is C[C@@H]1CNCCN1C(=O)CCOc1ccc(Cl)cc1Br. The molecule has 0 radical (unpaired) electrons. The molecule has 0 saturated carbocycles. The van der Waals surface area contributed by atoms with Crippen LogP contribution in [0, 0.1) is 0 Å². The van der Waals surface area contributed by atoms with Crippen molar-refractivity contribution < 1.29 is 9.53 Å². The monoisotopic (exact) mass is 360 g/mol. The van der Waals surface area contributed by atoms with E-state index < -0.39 is 0 Å². The summed E-state index contributed by atoms with van der Waals surface area (Å²) < 4.78 is 6.42. The molecule has 1 saturated heterocycles. The van der Waals surface area contributed by atoms with E-state index >= 15 is 0 Å². The van der Waals surface area contributed by atoms with Gasteiger partial charge in [0.05, 0.1) is 17.5 Å². The maximum absolute atomic E-state index is 12.1.